The Morgan fingerprint density at radius 2 is 2.00 bits per heavy atom. The second kappa shape index (κ2) is 6.09. The molecule has 1 heterocycles. The third kappa shape index (κ3) is 3.37. The van der Waals surface area contributed by atoms with Gasteiger partial charge in [-0.05, 0) is 42.8 Å². The first-order chi connectivity index (χ1) is 9.22. The fraction of sp³-hybridized carbons (Fsp3) is 0.200. The highest BCUT2D eigenvalue weighted by Crippen LogP contribution is 2.20. The minimum absolute atomic E-state index is 0.350. The SMILES string of the molecule is CCN(Cc1ccncc1)c1cc(F)cc(C=O)c1. The maximum absolute atomic E-state index is 13.5. The van der Waals surface area contributed by atoms with Crippen LogP contribution in [0.4, 0.5) is 10.1 Å². The van der Waals surface area contributed by atoms with Crippen molar-refractivity contribution in [3.05, 3.63) is 59.7 Å². The van der Waals surface area contributed by atoms with E-state index in [2.05, 4.69) is 4.98 Å². The number of carbonyl (C=O) groups excluding carboxylic acids is 1. The summed E-state index contributed by atoms with van der Waals surface area (Å²) in [7, 11) is 0. The van der Waals surface area contributed by atoms with Crippen molar-refractivity contribution in [3.8, 4) is 0 Å². The molecule has 1 aromatic heterocycles. The Morgan fingerprint density at radius 3 is 2.63 bits per heavy atom. The first-order valence-corrected chi connectivity index (χ1v) is 6.12. The zero-order valence-corrected chi connectivity index (χ0v) is 10.7. The molecule has 0 saturated heterocycles. The number of aldehydes is 1. The van der Waals surface area contributed by atoms with Crippen LogP contribution in [0.25, 0.3) is 0 Å². The number of anilines is 1. The molecule has 3 nitrogen and oxygen atoms in total. The number of rotatable bonds is 5. The first kappa shape index (κ1) is 13.2. The van der Waals surface area contributed by atoms with Crippen LogP contribution in [0.15, 0.2) is 42.7 Å². The highest BCUT2D eigenvalue weighted by atomic mass is 19.1. The molecule has 0 aliphatic heterocycles. The van der Waals surface area contributed by atoms with Gasteiger partial charge in [0.25, 0.3) is 0 Å². The molecule has 0 amide bonds. The molecule has 4 heteroatoms. The van der Waals surface area contributed by atoms with Crippen LogP contribution < -0.4 is 4.90 Å². The van der Waals surface area contributed by atoms with Gasteiger partial charge in [0.05, 0.1) is 0 Å². The van der Waals surface area contributed by atoms with Gasteiger partial charge in [-0.15, -0.1) is 0 Å². The molecular formula is C15H15FN2O. The number of halogens is 1. The van der Waals surface area contributed by atoms with E-state index in [1.165, 1.54) is 12.1 Å². The minimum Gasteiger partial charge on any atom is -0.367 e. The van der Waals surface area contributed by atoms with Crippen LogP contribution in [0.5, 0.6) is 0 Å². The standard InChI is InChI=1S/C15H15FN2O/c1-2-18(10-12-3-5-17-6-4-12)15-8-13(11-19)7-14(16)9-15/h3-9,11H,2,10H2,1H3. The van der Waals surface area contributed by atoms with Crippen LogP contribution in [-0.2, 0) is 6.54 Å². The number of hydrogen-bond donors (Lipinski definition) is 0. The molecule has 0 aliphatic rings. The summed E-state index contributed by atoms with van der Waals surface area (Å²) in [6, 6.07) is 8.21. The Hall–Kier alpha value is -2.23. The van der Waals surface area contributed by atoms with Crippen LogP contribution >= 0.6 is 0 Å². The van der Waals surface area contributed by atoms with Crippen LogP contribution in [0, 0.1) is 5.82 Å². The van der Waals surface area contributed by atoms with E-state index in [1.807, 2.05) is 24.0 Å². The van der Waals surface area contributed by atoms with Gasteiger partial charge >= 0.3 is 0 Å². The van der Waals surface area contributed by atoms with E-state index in [9.17, 15) is 9.18 Å². The smallest absolute Gasteiger partial charge is 0.150 e. The Balaban J connectivity index is 2.26. The largest absolute Gasteiger partial charge is 0.367 e. The summed E-state index contributed by atoms with van der Waals surface area (Å²) in [4.78, 5) is 16.8. The lowest BCUT2D eigenvalue weighted by Crippen LogP contribution is -2.22. The molecule has 98 valence electrons. The third-order valence-corrected chi connectivity index (χ3v) is 2.91. The molecule has 1 aromatic carbocycles. The van der Waals surface area contributed by atoms with Gasteiger partial charge in [0.1, 0.15) is 12.1 Å². The predicted octanol–water partition coefficient (Wildman–Crippen LogP) is 3.06. The van der Waals surface area contributed by atoms with Crippen molar-refractivity contribution in [3.63, 3.8) is 0 Å². The normalized spacial score (nSPS) is 10.2. The summed E-state index contributed by atoms with van der Waals surface area (Å²) in [5.74, 6) is -0.396. The molecule has 0 unspecified atom stereocenters. The van der Waals surface area contributed by atoms with Crippen molar-refractivity contribution in [2.45, 2.75) is 13.5 Å². The maximum atomic E-state index is 13.5. The average Bonchev–Trinajstić information content (AvgIpc) is 2.45. The quantitative estimate of drug-likeness (QED) is 0.773. The van der Waals surface area contributed by atoms with Gasteiger partial charge in [-0.25, -0.2) is 4.39 Å². The summed E-state index contributed by atoms with van der Waals surface area (Å²) < 4.78 is 13.5. The summed E-state index contributed by atoms with van der Waals surface area (Å²) in [5, 5.41) is 0. The number of hydrogen-bond acceptors (Lipinski definition) is 3. The monoisotopic (exact) mass is 258 g/mol. The van der Waals surface area contributed by atoms with Crippen molar-refractivity contribution in [2.75, 3.05) is 11.4 Å². The zero-order chi connectivity index (χ0) is 13.7. The van der Waals surface area contributed by atoms with Gasteiger partial charge < -0.3 is 4.90 Å². The Kier molecular flexibility index (Phi) is 4.23. The molecular weight excluding hydrogens is 243 g/mol. The van der Waals surface area contributed by atoms with Crippen molar-refractivity contribution in [1.82, 2.24) is 4.98 Å². The van der Waals surface area contributed by atoms with E-state index in [4.69, 9.17) is 0 Å². The van der Waals surface area contributed by atoms with Gasteiger partial charge in [0.2, 0.25) is 0 Å². The zero-order valence-electron chi connectivity index (χ0n) is 10.7. The van der Waals surface area contributed by atoms with Gasteiger partial charge in [-0.2, -0.15) is 0 Å². The molecule has 0 aliphatic carbocycles. The van der Waals surface area contributed by atoms with Crippen molar-refractivity contribution >= 4 is 12.0 Å². The van der Waals surface area contributed by atoms with Gasteiger partial charge in [-0.3, -0.25) is 9.78 Å². The van der Waals surface area contributed by atoms with E-state index >= 15 is 0 Å². The summed E-state index contributed by atoms with van der Waals surface area (Å²) in [5.41, 5.74) is 2.15. The molecule has 0 saturated carbocycles. The van der Waals surface area contributed by atoms with Crippen LogP contribution in [0.1, 0.15) is 22.8 Å². The second-order valence-corrected chi connectivity index (χ2v) is 4.23. The van der Waals surface area contributed by atoms with Gasteiger partial charge in [0, 0.05) is 36.7 Å². The first-order valence-electron chi connectivity index (χ1n) is 6.12. The Bertz CT molecular complexity index is 557. The number of aromatic nitrogens is 1. The van der Waals surface area contributed by atoms with Crippen LogP contribution in [-0.4, -0.2) is 17.8 Å². The molecule has 0 radical (unpaired) electrons. The van der Waals surface area contributed by atoms with Crippen molar-refractivity contribution in [1.29, 1.82) is 0 Å². The highest BCUT2D eigenvalue weighted by Gasteiger charge is 2.08. The molecule has 0 bridgehead atoms. The number of carbonyl (C=O) groups is 1. The van der Waals surface area contributed by atoms with Crippen LogP contribution in [0.2, 0.25) is 0 Å². The summed E-state index contributed by atoms with van der Waals surface area (Å²) in [6.07, 6.45) is 4.12. The van der Waals surface area contributed by atoms with Crippen molar-refractivity contribution in [2.24, 2.45) is 0 Å². The van der Waals surface area contributed by atoms with Crippen molar-refractivity contribution < 1.29 is 9.18 Å². The molecule has 19 heavy (non-hydrogen) atoms. The summed E-state index contributed by atoms with van der Waals surface area (Å²) >= 11 is 0. The minimum atomic E-state index is -0.396. The second-order valence-electron chi connectivity index (χ2n) is 4.23. The molecule has 0 atom stereocenters. The van der Waals surface area contributed by atoms with E-state index in [-0.39, 0.29) is 0 Å². The number of benzene rings is 1. The van der Waals surface area contributed by atoms with E-state index in [1.54, 1.807) is 18.5 Å². The Labute approximate surface area is 111 Å². The van der Waals surface area contributed by atoms with Gasteiger partial charge in [0.15, 0.2) is 0 Å². The third-order valence-electron chi connectivity index (χ3n) is 2.91. The molecule has 0 fully saturated rings. The lowest BCUT2D eigenvalue weighted by molar-refractivity contribution is 0.112. The summed E-state index contributed by atoms with van der Waals surface area (Å²) in [6.45, 7) is 3.37. The Morgan fingerprint density at radius 1 is 1.26 bits per heavy atom. The topological polar surface area (TPSA) is 33.2 Å². The molecule has 2 aromatic rings. The van der Waals surface area contributed by atoms with E-state index < -0.39 is 5.82 Å². The van der Waals surface area contributed by atoms with E-state index in [0.717, 1.165) is 12.1 Å². The fourth-order valence-corrected chi connectivity index (χ4v) is 1.94. The molecule has 0 N–H and O–H groups in total. The number of pyridine rings is 1. The average molecular weight is 258 g/mol. The van der Waals surface area contributed by atoms with E-state index in [0.29, 0.717) is 24.1 Å². The van der Waals surface area contributed by atoms with Crippen LogP contribution in [0.3, 0.4) is 0 Å². The predicted molar refractivity (Wildman–Crippen MR) is 72.7 cm³/mol. The number of nitrogens with zero attached hydrogens (tertiary/aromatic N) is 2. The fourth-order valence-electron chi connectivity index (χ4n) is 1.94. The molecule has 2 rings (SSSR count). The lowest BCUT2D eigenvalue weighted by Gasteiger charge is -2.23. The lowest BCUT2D eigenvalue weighted by atomic mass is 10.1. The maximum Gasteiger partial charge on any atom is 0.150 e. The molecule has 0 spiro atoms. The van der Waals surface area contributed by atoms with Gasteiger partial charge in [-0.1, -0.05) is 0 Å². The highest BCUT2D eigenvalue weighted by molar-refractivity contribution is 5.77.